The first kappa shape index (κ1) is 9.89. The second-order valence-corrected chi connectivity index (χ2v) is 4.03. The number of nitrogens with one attached hydrogen (secondary N) is 1. The third-order valence-electron chi connectivity index (χ3n) is 2.99. The Kier molecular flexibility index (Phi) is 2.53. The lowest BCUT2D eigenvalue weighted by atomic mass is 9.95. The Morgan fingerprint density at radius 1 is 1.40 bits per heavy atom. The van der Waals surface area contributed by atoms with E-state index in [1.807, 2.05) is 0 Å². The minimum absolute atomic E-state index is 0.383. The van der Waals surface area contributed by atoms with Crippen LogP contribution in [0.15, 0.2) is 17.3 Å². The summed E-state index contributed by atoms with van der Waals surface area (Å²) in [4.78, 5) is 21.1. The highest BCUT2D eigenvalue weighted by Gasteiger charge is 2.34. The summed E-state index contributed by atoms with van der Waals surface area (Å²) in [6, 6.07) is 0. The SMILES string of the molecule is NC(=O)C(=O)N/N=C\[C@@H]1C[C@H]2C=C[C@@H]1C2. The number of rotatable bonds is 2. The number of hydrogen-bond donors (Lipinski definition) is 2. The number of fused-ring (bicyclic) bond motifs is 2. The van der Waals surface area contributed by atoms with E-state index in [0.29, 0.717) is 17.8 Å². The summed E-state index contributed by atoms with van der Waals surface area (Å²) in [5, 5.41) is 3.73. The Labute approximate surface area is 87.4 Å². The summed E-state index contributed by atoms with van der Waals surface area (Å²) in [7, 11) is 0. The van der Waals surface area contributed by atoms with E-state index in [-0.39, 0.29) is 0 Å². The molecule has 2 amide bonds. The lowest BCUT2D eigenvalue weighted by Gasteiger charge is -2.11. The Hall–Kier alpha value is -1.65. The zero-order valence-corrected chi connectivity index (χ0v) is 8.22. The molecule has 15 heavy (non-hydrogen) atoms. The number of nitrogens with zero attached hydrogens (tertiary/aromatic N) is 1. The van der Waals surface area contributed by atoms with Crippen molar-refractivity contribution in [3.05, 3.63) is 12.2 Å². The molecule has 2 aliphatic rings. The van der Waals surface area contributed by atoms with Gasteiger partial charge in [-0.2, -0.15) is 5.10 Å². The van der Waals surface area contributed by atoms with Crippen molar-refractivity contribution < 1.29 is 9.59 Å². The molecule has 2 bridgehead atoms. The van der Waals surface area contributed by atoms with Gasteiger partial charge in [-0.1, -0.05) is 12.2 Å². The van der Waals surface area contributed by atoms with Crippen LogP contribution < -0.4 is 11.2 Å². The van der Waals surface area contributed by atoms with Crippen LogP contribution in [0.2, 0.25) is 0 Å². The first-order chi connectivity index (χ1) is 7.16. The van der Waals surface area contributed by atoms with Gasteiger partial charge in [-0.3, -0.25) is 9.59 Å². The van der Waals surface area contributed by atoms with E-state index in [9.17, 15) is 9.59 Å². The number of carbonyl (C=O) groups excluding carboxylic acids is 2. The van der Waals surface area contributed by atoms with Crippen LogP contribution in [0.4, 0.5) is 0 Å². The fourth-order valence-corrected chi connectivity index (χ4v) is 2.24. The summed E-state index contributed by atoms with van der Waals surface area (Å²) in [6.45, 7) is 0. The van der Waals surface area contributed by atoms with Crippen molar-refractivity contribution in [2.24, 2.45) is 28.6 Å². The van der Waals surface area contributed by atoms with Gasteiger partial charge < -0.3 is 5.73 Å². The van der Waals surface area contributed by atoms with Gasteiger partial charge in [0.05, 0.1) is 0 Å². The van der Waals surface area contributed by atoms with Crippen molar-refractivity contribution in [1.82, 2.24) is 5.43 Å². The van der Waals surface area contributed by atoms with E-state index in [1.165, 1.54) is 6.42 Å². The predicted molar refractivity (Wildman–Crippen MR) is 54.7 cm³/mol. The second kappa shape index (κ2) is 3.84. The molecule has 3 N–H and O–H groups in total. The molecule has 0 aromatic heterocycles. The molecule has 5 heteroatoms. The molecule has 3 atom stereocenters. The third-order valence-corrected chi connectivity index (χ3v) is 2.99. The zero-order valence-electron chi connectivity index (χ0n) is 8.22. The molecule has 80 valence electrons. The molecule has 0 aromatic rings. The fourth-order valence-electron chi connectivity index (χ4n) is 2.24. The van der Waals surface area contributed by atoms with Gasteiger partial charge in [-0.25, -0.2) is 5.43 Å². The summed E-state index contributed by atoms with van der Waals surface area (Å²) in [5.74, 6) is -0.291. The van der Waals surface area contributed by atoms with E-state index >= 15 is 0 Å². The van der Waals surface area contributed by atoms with Crippen LogP contribution in [0.1, 0.15) is 12.8 Å². The first-order valence-electron chi connectivity index (χ1n) is 4.98. The maximum absolute atomic E-state index is 10.8. The van der Waals surface area contributed by atoms with E-state index in [1.54, 1.807) is 6.21 Å². The van der Waals surface area contributed by atoms with E-state index in [2.05, 4.69) is 22.7 Å². The van der Waals surface area contributed by atoms with Crippen LogP contribution in [0, 0.1) is 17.8 Å². The van der Waals surface area contributed by atoms with Crippen LogP contribution in [-0.4, -0.2) is 18.0 Å². The largest absolute Gasteiger partial charge is 0.361 e. The molecule has 1 saturated carbocycles. The van der Waals surface area contributed by atoms with E-state index in [0.717, 1.165) is 6.42 Å². The number of hydrazone groups is 1. The Morgan fingerprint density at radius 2 is 2.20 bits per heavy atom. The second-order valence-electron chi connectivity index (χ2n) is 4.03. The Morgan fingerprint density at radius 3 is 2.73 bits per heavy atom. The molecule has 2 rings (SSSR count). The van der Waals surface area contributed by atoms with Gasteiger partial charge in [0.15, 0.2) is 0 Å². The quantitative estimate of drug-likeness (QED) is 0.284. The van der Waals surface area contributed by atoms with Crippen molar-refractivity contribution in [2.75, 3.05) is 0 Å². The standard InChI is InChI=1S/C10H13N3O2/c11-9(14)10(15)13-12-5-8-4-6-1-2-7(8)3-6/h1-2,5-8H,3-4H2,(H2,11,14)(H,13,15)/b12-5-/t6-,7+,8-/m0/s1. The normalized spacial score (nSPS) is 32.4. The van der Waals surface area contributed by atoms with Crippen LogP contribution in [-0.2, 0) is 9.59 Å². The van der Waals surface area contributed by atoms with Gasteiger partial charge in [0.25, 0.3) is 0 Å². The van der Waals surface area contributed by atoms with E-state index < -0.39 is 11.8 Å². The monoisotopic (exact) mass is 207 g/mol. The zero-order chi connectivity index (χ0) is 10.8. The molecule has 0 aromatic carbocycles. The summed E-state index contributed by atoms with van der Waals surface area (Å²) < 4.78 is 0. The maximum Gasteiger partial charge on any atom is 0.329 e. The average Bonchev–Trinajstić information content (AvgIpc) is 2.78. The Bertz CT molecular complexity index is 349. The number of hydrogen-bond acceptors (Lipinski definition) is 3. The van der Waals surface area contributed by atoms with Crippen molar-refractivity contribution in [2.45, 2.75) is 12.8 Å². The Balaban J connectivity index is 1.83. The number of nitrogens with two attached hydrogens (primary N) is 1. The molecule has 0 heterocycles. The first-order valence-corrected chi connectivity index (χ1v) is 4.98. The van der Waals surface area contributed by atoms with E-state index in [4.69, 9.17) is 5.73 Å². The molecule has 1 fully saturated rings. The number of primary amides is 1. The van der Waals surface area contributed by atoms with Crippen molar-refractivity contribution in [1.29, 1.82) is 0 Å². The fraction of sp³-hybridized carbons (Fsp3) is 0.500. The van der Waals surface area contributed by atoms with Crippen molar-refractivity contribution in [3.8, 4) is 0 Å². The van der Waals surface area contributed by atoms with Gasteiger partial charge >= 0.3 is 11.8 Å². The highest BCUT2D eigenvalue weighted by Crippen LogP contribution is 2.42. The van der Waals surface area contributed by atoms with Crippen LogP contribution >= 0.6 is 0 Å². The van der Waals surface area contributed by atoms with Crippen molar-refractivity contribution >= 4 is 18.0 Å². The van der Waals surface area contributed by atoms with Crippen LogP contribution in [0.25, 0.3) is 0 Å². The molecular formula is C10H13N3O2. The molecule has 5 nitrogen and oxygen atoms in total. The summed E-state index contributed by atoms with van der Waals surface area (Å²) >= 11 is 0. The summed E-state index contributed by atoms with van der Waals surface area (Å²) in [5.41, 5.74) is 6.86. The molecule has 2 aliphatic carbocycles. The number of allylic oxidation sites excluding steroid dienone is 2. The predicted octanol–water partition coefficient (Wildman–Crippen LogP) is -0.214. The molecule has 0 unspecified atom stereocenters. The molecular weight excluding hydrogens is 194 g/mol. The lowest BCUT2D eigenvalue weighted by Crippen LogP contribution is -2.33. The maximum atomic E-state index is 10.8. The number of carbonyl (C=O) groups is 2. The van der Waals surface area contributed by atoms with Gasteiger partial charge in [-0.05, 0) is 24.7 Å². The van der Waals surface area contributed by atoms with Gasteiger partial charge in [0, 0.05) is 12.1 Å². The molecule has 0 aliphatic heterocycles. The minimum atomic E-state index is -1.01. The lowest BCUT2D eigenvalue weighted by molar-refractivity contribution is -0.137. The molecule has 0 radical (unpaired) electrons. The summed E-state index contributed by atoms with van der Waals surface area (Å²) in [6.07, 6.45) is 8.39. The third kappa shape index (κ3) is 2.06. The average molecular weight is 207 g/mol. The van der Waals surface area contributed by atoms with Gasteiger partial charge in [0.2, 0.25) is 0 Å². The smallest absolute Gasteiger partial charge is 0.329 e. The molecule has 0 saturated heterocycles. The highest BCUT2D eigenvalue weighted by atomic mass is 16.2. The topological polar surface area (TPSA) is 84.5 Å². The van der Waals surface area contributed by atoms with Crippen molar-refractivity contribution in [3.63, 3.8) is 0 Å². The molecule has 0 spiro atoms. The van der Waals surface area contributed by atoms with Crippen LogP contribution in [0.5, 0.6) is 0 Å². The van der Waals surface area contributed by atoms with Crippen LogP contribution in [0.3, 0.4) is 0 Å². The highest BCUT2D eigenvalue weighted by molar-refractivity contribution is 6.34. The minimum Gasteiger partial charge on any atom is -0.361 e. The number of amides is 2. The van der Waals surface area contributed by atoms with Gasteiger partial charge in [0.1, 0.15) is 0 Å². The van der Waals surface area contributed by atoms with Gasteiger partial charge in [-0.15, -0.1) is 0 Å².